The molecule has 0 aromatic heterocycles. The summed E-state index contributed by atoms with van der Waals surface area (Å²) in [5, 5.41) is 0. The summed E-state index contributed by atoms with van der Waals surface area (Å²) < 4.78 is 8.88. The number of phosphoric acid groups is 1. The van der Waals surface area contributed by atoms with Crippen molar-refractivity contribution in [3.63, 3.8) is 0 Å². The molecule has 0 rings (SSSR count). The van der Waals surface area contributed by atoms with Crippen LogP contribution in [0.3, 0.4) is 0 Å². The molecule has 4 nitrogen and oxygen atoms in total. The van der Waals surface area contributed by atoms with Crippen LogP contribution < -0.4 is 0 Å². The molecule has 0 aliphatic carbocycles. The minimum atomic E-state index is -4.64. The van der Waals surface area contributed by atoms with E-state index in [-0.39, 0.29) is 131 Å². The molecule has 0 aliphatic rings. The predicted octanol–water partition coefficient (Wildman–Crippen LogP) is -3.10. The summed E-state index contributed by atoms with van der Waals surface area (Å²) in [6.07, 6.45) is 0. The van der Waals surface area contributed by atoms with Crippen LogP contribution in [0.15, 0.2) is 0 Å². The van der Waals surface area contributed by atoms with E-state index in [4.69, 9.17) is 19.2 Å². The monoisotopic (exact) mass is 230 g/mol. The van der Waals surface area contributed by atoms with E-state index < -0.39 is 7.82 Å². The fourth-order valence-electron chi connectivity index (χ4n) is 0. The van der Waals surface area contributed by atoms with E-state index >= 15 is 0 Å². The Hall–Kier alpha value is 4.40. The van der Waals surface area contributed by atoms with Crippen molar-refractivity contribution >= 4 is 138 Å². The Kier molecular flexibility index (Phi) is 69.8. The van der Waals surface area contributed by atoms with Gasteiger partial charge in [0.25, 0.3) is 0 Å². The molecule has 0 saturated heterocycles. The quantitative estimate of drug-likeness (QED) is 0.304. The van der Waals surface area contributed by atoms with Crippen LogP contribution in [0, 0.1) is 0 Å². The van der Waals surface area contributed by atoms with Crippen molar-refractivity contribution in [2.75, 3.05) is 0 Å². The van der Waals surface area contributed by atoms with Gasteiger partial charge >= 0.3 is 126 Å². The molecule has 0 aliphatic heterocycles. The molecular weight excluding hydrogens is 222 g/mol. The van der Waals surface area contributed by atoms with Gasteiger partial charge in [0.1, 0.15) is 0 Å². The van der Waals surface area contributed by atoms with Crippen molar-refractivity contribution in [1.29, 1.82) is 0 Å². The third-order valence-electron chi connectivity index (χ3n) is 0. The van der Waals surface area contributed by atoms with E-state index in [9.17, 15) is 0 Å². The van der Waals surface area contributed by atoms with E-state index in [2.05, 4.69) is 0 Å². The molecule has 0 amide bonds. The van der Waals surface area contributed by atoms with E-state index in [1.165, 1.54) is 0 Å². The fourth-order valence-corrected chi connectivity index (χ4v) is 0. The van der Waals surface area contributed by atoms with Gasteiger partial charge < -0.3 is 14.7 Å². The van der Waals surface area contributed by atoms with Crippen molar-refractivity contribution in [1.82, 2.24) is 0 Å². The molecule has 0 saturated carbocycles. The molecule has 0 aromatic carbocycles. The van der Waals surface area contributed by atoms with E-state index in [1.54, 1.807) is 0 Å². The Morgan fingerprint density at radius 3 is 0.800 bits per heavy atom. The second-order valence-electron chi connectivity index (χ2n) is 0.513. The average molecular weight is 230 g/mol. The summed E-state index contributed by atoms with van der Waals surface area (Å²) in [5.41, 5.74) is 0. The van der Waals surface area contributed by atoms with Crippen LogP contribution in [-0.2, 0) is 4.57 Å². The maximum atomic E-state index is 8.88. The molecular formula is H8ClNa4O4P. The Balaban J connectivity index is -0.00000000800. The van der Waals surface area contributed by atoms with Gasteiger partial charge in [0.2, 0.25) is 0 Å². The molecule has 0 aromatic rings. The van der Waals surface area contributed by atoms with Gasteiger partial charge in [-0.1, -0.05) is 0 Å². The molecule has 0 heterocycles. The van der Waals surface area contributed by atoms with Crippen LogP contribution in [0.2, 0.25) is 0 Å². The van der Waals surface area contributed by atoms with Crippen LogP contribution >= 0.6 is 20.2 Å². The molecule has 10 heavy (non-hydrogen) atoms. The molecule has 0 spiro atoms. The minimum absolute atomic E-state index is 0. The van der Waals surface area contributed by atoms with Gasteiger partial charge in [0.05, 0.1) is 0 Å². The molecule has 0 radical (unpaired) electrons. The summed E-state index contributed by atoms with van der Waals surface area (Å²) >= 11 is 0. The van der Waals surface area contributed by atoms with Crippen molar-refractivity contribution in [2.45, 2.75) is 0 Å². The number of hydrogen-bond donors (Lipinski definition) is 3. The van der Waals surface area contributed by atoms with Gasteiger partial charge in [-0.2, -0.15) is 0 Å². The van der Waals surface area contributed by atoms with Gasteiger partial charge in [0, 0.05) is 0 Å². The van der Waals surface area contributed by atoms with Gasteiger partial charge in [-0.25, -0.2) is 4.57 Å². The predicted molar refractivity (Wildman–Crippen MR) is 50.1 cm³/mol. The standard InChI is InChI=1S/ClH.4Na.H3O4P.4H/c;;;;;1-5(2,3)4;;;;/h1H;;;;;(H3,1,2,3,4);;;;. The summed E-state index contributed by atoms with van der Waals surface area (Å²) in [6.45, 7) is 0. The first kappa shape index (κ1) is 36.6. The van der Waals surface area contributed by atoms with E-state index in [0.29, 0.717) is 0 Å². The van der Waals surface area contributed by atoms with Crippen molar-refractivity contribution in [3.8, 4) is 0 Å². The Bertz CT molecular complexity index is 63.4. The van der Waals surface area contributed by atoms with Crippen molar-refractivity contribution < 1.29 is 19.2 Å². The van der Waals surface area contributed by atoms with Crippen molar-refractivity contribution in [3.05, 3.63) is 0 Å². The molecule has 0 atom stereocenters. The van der Waals surface area contributed by atoms with Gasteiger partial charge in [-0.05, 0) is 0 Å². The number of rotatable bonds is 0. The molecule has 0 bridgehead atoms. The van der Waals surface area contributed by atoms with Gasteiger partial charge in [-0.3, -0.25) is 0 Å². The Morgan fingerprint density at radius 2 is 0.800 bits per heavy atom. The molecule has 10 heteroatoms. The Labute approximate surface area is 154 Å². The van der Waals surface area contributed by atoms with Gasteiger partial charge in [-0.15, -0.1) is 12.4 Å². The molecule has 48 valence electrons. The second-order valence-corrected chi connectivity index (χ2v) is 1.54. The summed E-state index contributed by atoms with van der Waals surface area (Å²) in [4.78, 5) is 21.6. The van der Waals surface area contributed by atoms with E-state index in [1.807, 2.05) is 0 Å². The first-order valence-corrected chi connectivity index (χ1v) is 2.35. The van der Waals surface area contributed by atoms with Crippen LogP contribution in [-0.4, -0.2) is 133 Å². The third kappa shape index (κ3) is 83.2. The molecule has 3 N–H and O–H groups in total. The third-order valence-corrected chi connectivity index (χ3v) is 0. The van der Waals surface area contributed by atoms with Crippen LogP contribution in [0.5, 0.6) is 0 Å². The summed E-state index contributed by atoms with van der Waals surface area (Å²) in [6, 6.07) is 0. The average Bonchev–Trinajstić information content (AvgIpc) is 0.722. The zero-order valence-corrected chi connectivity index (χ0v) is 4.32. The van der Waals surface area contributed by atoms with Gasteiger partial charge in [0.15, 0.2) is 0 Å². The van der Waals surface area contributed by atoms with Crippen LogP contribution in [0.4, 0.5) is 0 Å². The number of hydrogen-bond acceptors (Lipinski definition) is 1. The summed E-state index contributed by atoms with van der Waals surface area (Å²) in [5.74, 6) is 0. The Morgan fingerprint density at radius 1 is 0.800 bits per heavy atom. The van der Waals surface area contributed by atoms with E-state index in [0.717, 1.165) is 0 Å². The van der Waals surface area contributed by atoms with Crippen LogP contribution in [0.1, 0.15) is 0 Å². The first-order valence-electron chi connectivity index (χ1n) is 0.783. The first-order chi connectivity index (χ1) is 2.00. The van der Waals surface area contributed by atoms with Crippen molar-refractivity contribution in [2.24, 2.45) is 0 Å². The number of halogens is 1. The zero-order valence-electron chi connectivity index (χ0n) is 2.61. The molecule has 0 fully saturated rings. The van der Waals surface area contributed by atoms with Crippen LogP contribution in [0.25, 0.3) is 0 Å². The maximum absolute atomic E-state index is 8.88. The topological polar surface area (TPSA) is 77.8 Å². The molecule has 0 unspecified atom stereocenters. The second kappa shape index (κ2) is 19.0. The SMILES string of the molecule is Cl.O=P(O)(O)O.[NaH].[NaH].[NaH].[NaH]. The summed E-state index contributed by atoms with van der Waals surface area (Å²) in [7, 11) is -4.64. The fraction of sp³-hybridized carbons (Fsp3) is 0. The normalized spacial score (nSPS) is 5.90. The zero-order chi connectivity index (χ0) is 4.50.